The van der Waals surface area contributed by atoms with Crippen molar-refractivity contribution in [2.75, 3.05) is 11.2 Å². The Balaban J connectivity index is 2.08. The zero-order valence-electron chi connectivity index (χ0n) is 11.0. The zero-order chi connectivity index (χ0) is 15.2. The zero-order valence-corrected chi connectivity index (χ0v) is 12.6. The first-order chi connectivity index (χ1) is 10.1. The van der Waals surface area contributed by atoms with E-state index in [-0.39, 0.29) is 28.5 Å². The van der Waals surface area contributed by atoms with Gasteiger partial charge in [-0.05, 0) is 25.7 Å². The molecule has 21 heavy (non-hydrogen) atoms. The Kier molecular flexibility index (Phi) is 5.51. The molecule has 1 aliphatic rings. The Morgan fingerprint density at radius 3 is 2.86 bits per heavy atom. The van der Waals surface area contributed by atoms with E-state index in [9.17, 15) is 14.7 Å². The number of alkyl halides is 1. The van der Waals surface area contributed by atoms with Crippen LogP contribution in [0.15, 0.2) is 10.5 Å². The van der Waals surface area contributed by atoms with Crippen LogP contribution in [0.4, 0.5) is 5.13 Å². The number of carboxylic acids is 1. The van der Waals surface area contributed by atoms with Crippen molar-refractivity contribution in [3.8, 4) is 0 Å². The number of amides is 1. The fourth-order valence-electron chi connectivity index (χ4n) is 1.91. The van der Waals surface area contributed by atoms with Gasteiger partial charge in [-0.15, -0.1) is 22.9 Å². The topological polar surface area (TPSA) is 101 Å². The second kappa shape index (κ2) is 7.37. The first kappa shape index (κ1) is 15.7. The van der Waals surface area contributed by atoms with E-state index in [2.05, 4.69) is 15.5 Å². The van der Waals surface area contributed by atoms with Crippen molar-refractivity contribution in [2.45, 2.75) is 31.8 Å². The number of hydrogen-bond acceptors (Lipinski definition) is 6. The van der Waals surface area contributed by atoms with E-state index in [1.807, 2.05) is 0 Å². The maximum atomic E-state index is 11.2. The van der Waals surface area contributed by atoms with E-state index in [1.165, 1.54) is 5.38 Å². The molecular weight excluding hydrogens is 318 g/mol. The molecule has 1 amide bonds. The van der Waals surface area contributed by atoms with Crippen molar-refractivity contribution in [1.82, 2.24) is 4.98 Å². The summed E-state index contributed by atoms with van der Waals surface area (Å²) in [6.07, 6.45) is 3.85. The van der Waals surface area contributed by atoms with Gasteiger partial charge < -0.3 is 15.3 Å². The Hall–Kier alpha value is -1.67. The molecule has 1 fully saturated rings. The van der Waals surface area contributed by atoms with Gasteiger partial charge in [0.25, 0.3) is 0 Å². The lowest BCUT2D eigenvalue weighted by Crippen LogP contribution is -2.18. The molecule has 2 N–H and O–H groups in total. The van der Waals surface area contributed by atoms with Crippen molar-refractivity contribution in [2.24, 2.45) is 5.16 Å². The quantitative estimate of drug-likeness (QED) is 0.472. The maximum absolute atomic E-state index is 11.2. The molecule has 0 aliphatic heterocycles. The van der Waals surface area contributed by atoms with Crippen molar-refractivity contribution in [1.29, 1.82) is 0 Å². The minimum absolute atomic E-state index is 0.0339. The van der Waals surface area contributed by atoms with Crippen LogP contribution in [0.3, 0.4) is 0 Å². The summed E-state index contributed by atoms with van der Waals surface area (Å²) in [5.41, 5.74) is -0.125. The van der Waals surface area contributed by atoms with Gasteiger partial charge >= 0.3 is 5.97 Å². The maximum Gasteiger partial charge on any atom is 0.360 e. The van der Waals surface area contributed by atoms with Gasteiger partial charge in [0.1, 0.15) is 17.7 Å². The van der Waals surface area contributed by atoms with Gasteiger partial charge in [-0.3, -0.25) is 4.79 Å². The van der Waals surface area contributed by atoms with Crippen LogP contribution in [0.1, 0.15) is 31.4 Å². The number of carbonyl (C=O) groups is 2. The normalized spacial score (nSPS) is 16.0. The van der Waals surface area contributed by atoms with E-state index >= 15 is 0 Å². The number of oxime groups is 1. The highest BCUT2D eigenvalue weighted by atomic mass is 35.5. The van der Waals surface area contributed by atoms with Crippen LogP contribution < -0.4 is 5.32 Å². The van der Waals surface area contributed by atoms with Crippen LogP contribution >= 0.6 is 22.9 Å². The number of nitrogens with one attached hydrogen (secondary N) is 1. The van der Waals surface area contributed by atoms with Crippen LogP contribution in [-0.2, 0) is 14.4 Å². The van der Waals surface area contributed by atoms with Gasteiger partial charge in [-0.2, -0.15) is 0 Å². The minimum Gasteiger partial charge on any atom is -0.476 e. The fourth-order valence-corrected chi connectivity index (χ4v) is 2.69. The molecule has 0 saturated heterocycles. The van der Waals surface area contributed by atoms with Crippen LogP contribution in [0, 0.1) is 0 Å². The number of rotatable bonds is 6. The van der Waals surface area contributed by atoms with Crippen molar-refractivity contribution >= 4 is 45.7 Å². The lowest BCUT2D eigenvalue weighted by atomic mass is 10.3. The largest absolute Gasteiger partial charge is 0.476 e. The molecule has 1 saturated carbocycles. The van der Waals surface area contributed by atoms with E-state index in [0.717, 1.165) is 37.0 Å². The molecule has 2 rings (SSSR count). The Morgan fingerprint density at radius 1 is 1.52 bits per heavy atom. The third kappa shape index (κ3) is 4.40. The summed E-state index contributed by atoms with van der Waals surface area (Å²) in [7, 11) is 0. The number of thiazole rings is 1. The molecule has 0 atom stereocenters. The number of nitrogens with zero attached hydrogens (tertiary/aromatic N) is 2. The van der Waals surface area contributed by atoms with Crippen LogP contribution in [0.2, 0.25) is 0 Å². The molecule has 0 radical (unpaired) electrons. The molecule has 1 heterocycles. The van der Waals surface area contributed by atoms with Gasteiger partial charge in [0.05, 0.1) is 0 Å². The smallest absolute Gasteiger partial charge is 0.360 e. The highest BCUT2D eigenvalue weighted by Gasteiger charge is 2.21. The summed E-state index contributed by atoms with van der Waals surface area (Å²) >= 11 is 6.47. The molecule has 1 aliphatic carbocycles. The first-order valence-corrected chi connectivity index (χ1v) is 7.80. The highest BCUT2D eigenvalue weighted by molar-refractivity contribution is 7.14. The summed E-state index contributed by atoms with van der Waals surface area (Å²) in [6, 6.07) is 0. The van der Waals surface area contributed by atoms with Gasteiger partial charge in [-0.25, -0.2) is 9.78 Å². The van der Waals surface area contributed by atoms with Crippen molar-refractivity contribution in [3.63, 3.8) is 0 Å². The number of carboxylic acid groups (broad SMARTS) is 1. The fraction of sp³-hybridized carbons (Fsp3) is 0.500. The number of carbonyl (C=O) groups excluding carboxylic acids is 1. The molecular formula is C12H14ClN3O4S. The average Bonchev–Trinajstić information content (AvgIpc) is 3.10. The Morgan fingerprint density at radius 2 is 2.24 bits per heavy atom. The SMILES string of the molecule is O=C(CCl)Nc1nc(C(=NOC2CCCC2)C(=O)O)cs1. The lowest BCUT2D eigenvalue weighted by molar-refractivity contribution is -0.129. The van der Waals surface area contributed by atoms with E-state index < -0.39 is 11.9 Å². The third-order valence-electron chi connectivity index (χ3n) is 2.91. The second-order valence-electron chi connectivity index (χ2n) is 4.48. The molecule has 9 heteroatoms. The third-order valence-corrected chi connectivity index (χ3v) is 3.91. The van der Waals surface area contributed by atoms with Gasteiger partial charge in [0, 0.05) is 5.38 Å². The lowest BCUT2D eigenvalue weighted by Gasteiger charge is -2.06. The summed E-state index contributed by atoms with van der Waals surface area (Å²) < 4.78 is 0. The van der Waals surface area contributed by atoms with E-state index in [1.54, 1.807) is 0 Å². The molecule has 7 nitrogen and oxygen atoms in total. The predicted molar refractivity (Wildman–Crippen MR) is 79.0 cm³/mol. The monoisotopic (exact) mass is 331 g/mol. The number of hydrogen-bond donors (Lipinski definition) is 2. The minimum atomic E-state index is -1.23. The summed E-state index contributed by atoms with van der Waals surface area (Å²) in [6.45, 7) is 0. The Bertz CT molecular complexity index is 554. The first-order valence-electron chi connectivity index (χ1n) is 6.39. The molecule has 0 bridgehead atoms. The summed E-state index contributed by atoms with van der Waals surface area (Å²) in [4.78, 5) is 31.6. The molecule has 1 aromatic rings. The number of anilines is 1. The molecule has 0 unspecified atom stereocenters. The summed E-state index contributed by atoms with van der Waals surface area (Å²) in [5.74, 6) is -1.83. The van der Waals surface area contributed by atoms with Gasteiger partial charge in [-0.1, -0.05) is 5.16 Å². The Labute approximate surface area is 130 Å². The standard InChI is InChI=1S/C12H14ClN3O4S/c13-5-9(17)15-12-14-8(6-21-12)10(11(18)19)16-20-7-3-1-2-4-7/h6-7H,1-5H2,(H,18,19)(H,14,15,17). The van der Waals surface area contributed by atoms with Crippen molar-refractivity contribution in [3.05, 3.63) is 11.1 Å². The summed E-state index contributed by atoms with van der Waals surface area (Å²) in [5, 5.41) is 17.1. The number of halogens is 1. The van der Waals surface area contributed by atoms with E-state index in [0.29, 0.717) is 0 Å². The van der Waals surface area contributed by atoms with Crippen LogP contribution in [-0.4, -0.2) is 39.7 Å². The predicted octanol–water partition coefficient (Wildman–Crippen LogP) is 2.07. The number of aromatic nitrogens is 1. The second-order valence-corrected chi connectivity index (χ2v) is 5.60. The van der Waals surface area contributed by atoms with Gasteiger partial charge in [0.15, 0.2) is 5.13 Å². The highest BCUT2D eigenvalue weighted by Crippen LogP contribution is 2.22. The molecule has 1 aromatic heterocycles. The van der Waals surface area contributed by atoms with Crippen LogP contribution in [0.25, 0.3) is 0 Å². The average molecular weight is 332 g/mol. The van der Waals surface area contributed by atoms with Crippen LogP contribution in [0.5, 0.6) is 0 Å². The van der Waals surface area contributed by atoms with Gasteiger partial charge in [0.2, 0.25) is 11.6 Å². The molecule has 0 aromatic carbocycles. The van der Waals surface area contributed by atoms with Crippen molar-refractivity contribution < 1.29 is 19.5 Å². The van der Waals surface area contributed by atoms with E-state index in [4.69, 9.17) is 16.4 Å². The molecule has 0 spiro atoms. The molecule has 114 valence electrons. The number of aliphatic carboxylic acids is 1.